The highest BCUT2D eigenvalue weighted by Crippen LogP contribution is 2.35. The zero-order valence-electron chi connectivity index (χ0n) is 19.4. The molecule has 0 aliphatic rings. The molecule has 0 unspecified atom stereocenters. The molecular formula is C27H34BNO3. The minimum absolute atomic E-state index is 0.466. The normalized spacial score (nSPS) is 11.1. The van der Waals surface area contributed by atoms with Crippen LogP contribution in [0.2, 0.25) is 0 Å². The van der Waals surface area contributed by atoms with Crippen LogP contribution in [0.15, 0.2) is 66.7 Å². The number of rotatable bonds is 8. The summed E-state index contributed by atoms with van der Waals surface area (Å²) in [7, 11) is -1.83. The van der Waals surface area contributed by atoms with Crippen molar-refractivity contribution >= 4 is 39.6 Å². The Hall–Kier alpha value is -2.60. The van der Waals surface area contributed by atoms with Gasteiger partial charge in [0.15, 0.2) is 0 Å². The van der Waals surface area contributed by atoms with Gasteiger partial charge in [-0.1, -0.05) is 69.3 Å². The standard InChI is InChI=1S/C18H13BO3.C9H21N/c20-19(21)22-17-7-3-6-12-8-9-15-10-13-4-1-2-5-14(13)11-16(15)18(12)17;1-4-7-10(8-5-2)9-6-3/h1-11,20-21H;4-9H2,1-3H3. The maximum atomic E-state index is 9.14. The number of nitrogens with zero attached hydrogens (tertiary/aromatic N) is 1. The Balaban J connectivity index is 0.000000247. The van der Waals surface area contributed by atoms with Gasteiger partial charge in [-0.3, -0.25) is 0 Å². The third-order valence-electron chi connectivity index (χ3n) is 5.54. The molecule has 5 heteroatoms. The van der Waals surface area contributed by atoms with Crippen molar-refractivity contribution in [2.45, 2.75) is 40.0 Å². The molecule has 0 aliphatic carbocycles. The maximum Gasteiger partial charge on any atom is 0.707 e. The van der Waals surface area contributed by atoms with E-state index in [1.54, 1.807) is 6.07 Å². The van der Waals surface area contributed by atoms with Gasteiger partial charge in [0.05, 0.1) is 0 Å². The van der Waals surface area contributed by atoms with Gasteiger partial charge < -0.3 is 19.6 Å². The van der Waals surface area contributed by atoms with Gasteiger partial charge in [-0.25, -0.2) is 0 Å². The maximum absolute atomic E-state index is 9.14. The third kappa shape index (κ3) is 6.01. The molecule has 32 heavy (non-hydrogen) atoms. The highest BCUT2D eigenvalue weighted by Gasteiger charge is 2.15. The SMILES string of the molecule is CCCN(CCC)CCC.OB(O)Oc1cccc2ccc3cc4ccccc4cc3c12. The lowest BCUT2D eigenvalue weighted by atomic mass is 9.97. The summed E-state index contributed by atoms with van der Waals surface area (Å²) in [6.45, 7) is 10.6. The molecule has 0 saturated carbocycles. The summed E-state index contributed by atoms with van der Waals surface area (Å²) in [4.78, 5) is 2.54. The second-order valence-electron chi connectivity index (χ2n) is 8.13. The smallest absolute Gasteiger partial charge is 0.511 e. The van der Waals surface area contributed by atoms with Crippen molar-refractivity contribution in [3.63, 3.8) is 0 Å². The van der Waals surface area contributed by atoms with Crippen LogP contribution in [0, 0.1) is 0 Å². The van der Waals surface area contributed by atoms with E-state index in [1.165, 1.54) is 44.3 Å². The molecule has 2 N–H and O–H groups in total. The first-order valence-electron chi connectivity index (χ1n) is 11.7. The van der Waals surface area contributed by atoms with E-state index >= 15 is 0 Å². The van der Waals surface area contributed by atoms with Gasteiger partial charge >= 0.3 is 7.32 Å². The summed E-state index contributed by atoms with van der Waals surface area (Å²) >= 11 is 0. The van der Waals surface area contributed by atoms with Crippen LogP contribution in [0.1, 0.15) is 40.0 Å². The fraction of sp³-hybridized carbons (Fsp3) is 0.333. The zero-order valence-corrected chi connectivity index (χ0v) is 19.4. The van der Waals surface area contributed by atoms with Crippen LogP contribution in [0.3, 0.4) is 0 Å². The molecule has 0 aromatic heterocycles. The summed E-state index contributed by atoms with van der Waals surface area (Å²) in [5.74, 6) is 0.466. The molecule has 0 radical (unpaired) electrons. The minimum Gasteiger partial charge on any atom is -0.511 e. The summed E-state index contributed by atoms with van der Waals surface area (Å²) in [6.07, 6.45) is 3.88. The van der Waals surface area contributed by atoms with Gasteiger partial charge in [-0.05, 0) is 84.0 Å². The highest BCUT2D eigenvalue weighted by atomic mass is 16.6. The lowest BCUT2D eigenvalue weighted by Gasteiger charge is -2.19. The molecule has 0 heterocycles. The Morgan fingerprint density at radius 1 is 0.688 bits per heavy atom. The number of benzene rings is 4. The highest BCUT2D eigenvalue weighted by molar-refractivity contribution is 6.34. The Kier molecular flexibility index (Phi) is 8.92. The van der Waals surface area contributed by atoms with Gasteiger partial charge in [-0.15, -0.1) is 0 Å². The van der Waals surface area contributed by atoms with Crippen molar-refractivity contribution in [3.8, 4) is 5.75 Å². The fourth-order valence-electron chi connectivity index (χ4n) is 4.26. The number of hydrogen-bond donors (Lipinski definition) is 2. The summed E-state index contributed by atoms with van der Waals surface area (Å²) < 4.78 is 5.16. The molecule has 0 bridgehead atoms. The predicted molar refractivity (Wildman–Crippen MR) is 137 cm³/mol. The van der Waals surface area contributed by atoms with E-state index in [1.807, 2.05) is 30.3 Å². The van der Waals surface area contributed by atoms with Crippen molar-refractivity contribution in [3.05, 3.63) is 66.7 Å². The lowest BCUT2D eigenvalue weighted by Crippen LogP contribution is -2.25. The minimum atomic E-state index is -1.83. The first-order valence-corrected chi connectivity index (χ1v) is 11.7. The van der Waals surface area contributed by atoms with Gasteiger partial charge in [0.2, 0.25) is 0 Å². The third-order valence-corrected chi connectivity index (χ3v) is 5.54. The van der Waals surface area contributed by atoms with E-state index in [9.17, 15) is 0 Å². The molecule has 0 atom stereocenters. The molecular weight excluding hydrogens is 397 g/mol. The molecule has 4 aromatic rings. The van der Waals surface area contributed by atoms with Crippen LogP contribution in [-0.4, -0.2) is 41.9 Å². The van der Waals surface area contributed by atoms with Gasteiger partial charge in [0.1, 0.15) is 5.75 Å². The molecule has 0 spiro atoms. The quantitative estimate of drug-likeness (QED) is 0.204. The van der Waals surface area contributed by atoms with E-state index in [0.717, 1.165) is 26.9 Å². The average molecular weight is 431 g/mol. The Bertz CT molecular complexity index is 1130. The second-order valence-corrected chi connectivity index (χ2v) is 8.13. The van der Waals surface area contributed by atoms with E-state index in [2.05, 4.69) is 56.0 Å². The topological polar surface area (TPSA) is 52.9 Å². The van der Waals surface area contributed by atoms with Crippen LogP contribution in [0.25, 0.3) is 32.3 Å². The molecule has 0 saturated heterocycles. The van der Waals surface area contributed by atoms with E-state index in [-0.39, 0.29) is 0 Å². The molecule has 0 amide bonds. The average Bonchev–Trinajstić information content (AvgIpc) is 2.78. The summed E-state index contributed by atoms with van der Waals surface area (Å²) in [5, 5.41) is 24.6. The van der Waals surface area contributed by atoms with Crippen molar-refractivity contribution in [1.82, 2.24) is 4.90 Å². The predicted octanol–water partition coefficient (Wildman–Crippen LogP) is 6.01. The van der Waals surface area contributed by atoms with Crippen LogP contribution in [0.5, 0.6) is 5.75 Å². The largest absolute Gasteiger partial charge is 0.707 e. The van der Waals surface area contributed by atoms with Crippen molar-refractivity contribution in [2.75, 3.05) is 19.6 Å². The Labute approximate surface area is 191 Å². The van der Waals surface area contributed by atoms with E-state index < -0.39 is 7.32 Å². The van der Waals surface area contributed by atoms with Gasteiger partial charge in [0.25, 0.3) is 0 Å². The Morgan fingerprint density at radius 2 is 1.25 bits per heavy atom. The second kappa shape index (κ2) is 11.9. The summed E-state index contributed by atoms with van der Waals surface area (Å²) in [5.41, 5.74) is 0. The first-order chi connectivity index (χ1) is 15.6. The first kappa shape index (κ1) is 24.1. The molecule has 0 aliphatic heterocycles. The molecule has 0 fully saturated rings. The fourth-order valence-corrected chi connectivity index (χ4v) is 4.26. The molecule has 4 nitrogen and oxygen atoms in total. The van der Waals surface area contributed by atoms with E-state index in [4.69, 9.17) is 14.7 Å². The van der Waals surface area contributed by atoms with E-state index in [0.29, 0.717) is 5.75 Å². The Morgan fingerprint density at radius 3 is 1.84 bits per heavy atom. The van der Waals surface area contributed by atoms with Crippen molar-refractivity contribution in [2.24, 2.45) is 0 Å². The van der Waals surface area contributed by atoms with Crippen molar-refractivity contribution < 1.29 is 14.7 Å². The molecule has 4 aromatic carbocycles. The van der Waals surface area contributed by atoms with Gasteiger partial charge in [-0.2, -0.15) is 0 Å². The number of fused-ring (bicyclic) bond motifs is 4. The van der Waals surface area contributed by atoms with Crippen molar-refractivity contribution in [1.29, 1.82) is 0 Å². The van der Waals surface area contributed by atoms with Gasteiger partial charge in [0, 0.05) is 5.39 Å². The van der Waals surface area contributed by atoms with Crippen LogP contribution in [0.4, 0.5) is 0 Å². The monoisotopic (exact) mass is 431 g/mol. The van der Waals surface area contributed by atoms with Crippen LogP contribution in [-0.2, 0) is 0 Å². The molecule has 168 valence electrons. The van der Waals surface area contributed by atoms with Crippen LogP contribution >= 0.6 is 0 Å². The number of hydrogen-bond acceptors (Lipinski definition) is 4. The lowest BCUT2D eigenvalue weighted by molar-refractivity contribution is 0.275. The summed E-state index contributed by atoms with van der Waals surface area (Å²) in [6, 6.07) is 22.1. The van der Waals surface area contributed by atoms with Crippen LogP contribution < -0.4 is 4.65 Å². The molecule has 4 rings (SSSR count). The zero-order chi connectivity index (χ0) is 22.9.